The molecular weight excluding hydrogens is 529 g/mol. The van der Waals surface area contributed by atoms with Gasteiger partial charge in [0.2, 0.25) is 5.95 Å². The van der Waals surface area contributed by atoms with Gasteiger partial charge in [-0.05, 0) is 31.9 Å². The number of rotatable bonds is 13. The van der Waals surface area contributed by atoms with E-state index in [9.17, 15) is 9.36 Å². The third kappa shape index (κ3) is 6.72. The first-order valence-corrected chi connectivity index (χ1v) is 14.0. The van der Waals surface area contributed by atoms with E-state index in [1.807, 2.05) is 0 Å². The number of imidazole rings is 1. The molecule has 1 aliphatic heterocycles. The van der Waals surface area contributed by atoms with Crippen LogP contribution in [-0.2, 0) is 28.1 Å². The second kappa shape index (κ2) is 11.7. The minimum atomic E-state index is -4.08. The van der Waals surface area contributed by atoms with Crippen molar-refractivity contribution in [2.24, 2.45) is 0 Å². The van der Waals surface area contributed by atoms with Crippen LogP contribution in [0.25, 0.3) is 11.2 Å². The Labute approximate surface area is 224 Å². The molecule has 2 aromatic heterocycles. The summed E-state index contributed by atoms with van der Waals surface area (Å²) in [6.45, 7) is 4.89. The van der Waals surface area contributed by atoms with Crippen molar-refractivity contribution in [3.05, 3.63) is 49.3 Å². The van der Waals surface area contributed by atoms with Gasteiger partial charge in [0.25, 0.3) is 0 Å². The Bertz CT molecular complexity index is 1370. The van der Waals surface area contributed by atoms with Gasteiger partial charge in [0.1, 0.15) is 25.0 Å². The van der Waals surface area contributed by atoms with E-state index in [4.69, 9.17) is 29.0 Å². The van der Waals surface area contributed by atoms with Gasteiger partial charge < -0.3 is 29.8 Å². The quantitative estimate of drug-likeness (QED) is 0.159. The highest BCUT2D eigenvalue weighted by atomic mass is 31.2. The molecule has 4 atom stereocenters. The van der Waals surface area contributed by atoms with E-state index in [0.717, 1.165) is 12.8 Å². The van der Waals surface area contributed by atoms with Crippen molar-refractivity contribution < 1.29 is 32.6 Å². The molecule has 1 aromatic carbocycles. The lowest BCUT2D eigenvalue weighted by atomic mass is 10.3. The number of nitrogens with one attached hydrogen (secondary N) is 2. The van der Waals surface area contributed by atoms with Crippen molar-refractivity contribution in [2.75, 3.05) is 30.9 Å². The Balaban J connectivity index is 1.26. The summed E-state index contributed by atoms with van der Waals surface area (Å²) in [5, 5.41) is 5.92. The summed E-state index contributed by atoms with van der Waals surface area (Å²) in [6, 6.07) is 7.79. The number of nitrogens with zero attached hydrogens (tertiary/aromatic N) is 4. The van der Waals surface area contributed by atoms with Crippen LogP contribution in [0.3, 0.4) is 0 Å². The molecular formula is C24H30N7O7P. The van der Waals surface area contributed by atoms with Crippen molar-refractivity contribution in [2.45, 2.75) is 44.4 Å². The molecule has 5 rings (SSSR count). The van der Waals surface area contributed by atoms with Gasteiger partial charge in [-0.1, -0.05) is 30.9 Å². The molecule has 0 amide bonds. The molecule has 3 aromatic rings. The summed E-state index contributed by atoms with van der Waals surface area (Å²) >= 11 is 0. The molecule has 208 valence electrons. The van der Waals surface area contributed by atoms with Crippen LogP contribution in [-0.4, -0.2) is 63.7 Å². The molecule has 1 saturated heterocycles. The molecule has 0 radical (unpaired) electrons. The molecule has 4 N–H and O–H groups in total. The highest BCUT2D eigenvalue weighted by Crippen LogP contribution is 2.45. The molecule has 0 unspecified atom stereocenters. The average molecular weight is 560 g/mol. The van der Waals surface area contributed by atoms with Gasteiger partial charge in [-0.2, -0.15) is 15.1 Å². The molecule has 2 fully saturated rings. The number of aromatic nitrogens is 4. The zero-order valence-corrected chi connectivity index (χ0v) is 22.2. The van der Waals surface area contributed by atoms with Crippen molar-refractivity contribution >= 4 is 36.6 Å². The number of carbonyl (C=O) groups excluding carboxylic acids is 1. The molecule has 1 aliphatic carbocycles. The van der Waals surface area contributed by atoms with Gasteiger partial charge >= 0.3 is 13.7 Å². The fraction of sp³-hybridized carbons (Fsp3) is 0.417. The summed E-state index contributed by atoms with van der Waals surface area (Å²) in [5.74, 6) is 0.317. The van der Waals surface area contributed by atoms with E-state index in [1.165, 1.54) is 13.0 Å². The molecule has 15 heteroatoms. The number of carbonyl (C=O) groups is 1. The summed E-state index contributed by atoms with van der Waals surface area (Å²) < 4.78 is 43.4. The molecule has 3 heterocycles. The maximum Gasteiger partial charge on any atom is 0.459 e. The first-order valence-electron chi connectivity index (χ1n) is 12.4. The molecule has 2 aliphatic rings. The molecule has 0 bridgehead atoms. The van der Waals surface area contributed by atoms with E-state index in [1.54, 1.807) is 41.2 Å². The second-order valence-electron chi connectivity index (χ2n) is 8.99. The number of anilines is 2. The van der Waals surface area contributed by atoms with Crippen LogP contribution < -0.4 is 20.7 Å². The zero-order chi connectivity index (χ0) is 27.4. The largest absolute Gasteiger partial charge is 0.460 e. The number of benzene rings is 1. The fourth-order valence-corrected chi connectivity index (χ4v) is 5.24. The number of hydrogen-bond donors (Lipinski definition) is 3. The molecule has 0 spiro atoms. The summed E-state index contributed by atoms with van der Waals surface area (Å²) in [7, 11) is -4.08. The van der Waals surface area contributed by atoms with E-state index >= 15 is 0 Å². The van der Waals surface area contributed by atoms with Crippen LogP contribution in [0.4, 0.5) is 11.8 Å². The van der Waals surface area contributed by atoms with E-state index in [-0.39, 0.29) is 31.5 Å². The molecule has 14 nitrogen and oxygen atoms in total. The minimum absolute atomic E-state index is 0.0122. The van der Waals surface area contributed by atoms with Gasteiger partial charge in [0.15, 0.2) is 29.5 Å². The number of fused-ring (bicyclic) bond motifs is 1. The number of hydrogen-bond acceptors (Lipinski definition) is 12. The lowest BCUT2D eigenvalue weighted by Crippen LogP contribution is -2.35. The SMILES string of the molecule is C=CCOC(=O)[C@H](C)N[P@](=O)(OC[C@@H]1OC[C@H](n2cnc3c(NC4CC4)nc(N)nc32)O1)Oc1ccccc1. The Kier molecular flexibility index (Phi) is 8.10. The van der Waals surface area contributed by atoms with E-state index in [0.29, 0.717) is 23.0 Å². The summed E-state index contributed by atoms with van der Waals surface area (Å²) in [4.78, 5) is 25.3. The normalized spacial score (nSPS) is 21.3. The van der Waals surface area contributed by atoms with E-state index in [2.05, 4.69) is 31.9 Å². The van der Waals surface area contributed by atoms with Crippen LogP contribution in [0.15, 0.2) is 49.3 Å². The van der Waals surface area contributed by atoms with Gasteiger partial charge in [-0.25, -0.2) is 9.55 Å². The third-order valence-electron chi connectivity index (χ3n) is 5.80. The first-order chi connectivity index (χ1) is 18.8. The van der Waals surface area contributed by atoms with Crippen LogP contribution >= 0.6 is 7.75 Å². The zero-order valence-electron chi connectivity index (χ0n) is 21.3. The lowest BCUT2D eigenvalue weighted by Gasteiger charge is -2.23. The van der Waals surface area contributed by atoms with Crippen LogP contribution in [0.1, 0.15) is 26.0 Å². The van der Waals surface area contributed by atoms with Gasteiger partial charge in [0.05, 0.1) is 12.9 Å². The van der Waals surface area contributed by atoms with Crippen molar-refractivity contribution in [1.82, 2.24) is 24.6 Å². The number of nitrogen functional groups attached to an aromatic ring is 1. The highest BCUT2D eigenvalue weighted by molar-refractivity contribution is 7.52. The van der Waals surface area contributed by atoms with Crippen molar-refractivity contribution in [3.63, 3.8) is 0 Å². The topological polar surface area (TPSA) is 174 Å². The Hall–Kier alpha value is -3.55. The van der Waals surface area contributed by atoms with Crippen molar-refractivity contribution in [3.8, 4) is 5.75 Å². The van der Waals surface area contributed by atoms with Crippen LogP contribution in [0.5, 0.6) is 5.75 Å². The highest BCUT2D eigenvalue weighted by Gasteiger charge is 2.36. The first kappa shape index (κ1) is 27.0. The average Bonchev–Trinajstić information content (AvgIpc) is 3.43. The van der Waals surface area contributed by atoms with Gasteiger partial charge in [-0.3, -0.25) is 13.9 Å². The number of nitrogens with two attached hydrogens (primary N) is 1. The predicted molar refractivity (Wildman–Crippen MR) is 141 cm³/mol. The second-order valence-corrected chi connectivity index (χ2v) is 10.7. The summed E-state index contributed by atoms with van der Waals surface area (Å²) in [6.07, 6.45) is 3.65. The minimum Gasteiger partial charge on any atom is -0.460 e. The maximum atomic E-state index is 13.6. The van der Waals surface area contributed by atoms with Gasteiger partial charge in [-0.15, -0.1) is 0 Å². The number of para-hydroxylation sites is 1. The van der Waals surface area contributed by atoms with Crippen molar-refractivity contribution in [1.29, 1.82) is 0 Å². The monoisotopic (exact) mass is 559 g/mol. The summed E-state index contributed by atoms with van der Waals surface area (Å²) in [5.41, 5.74) is 7.00. The predicted octanol–water partition coefficient (Wildman–Crippen LogP) is 2.77. The Morgan fingerprint density at radius 2 is 2.13 bits per heavy atom. The van der Waals surface area contributed by atoms with Crippen LogP contribution in [0, 0.1) is 0 Å². The maximum absolute atomic E-state index is 13.6. The number of esters is 1. The van der Waals surface area contributed by atoms with Crippen LogP contribution in [0.2, 0.25) is 0 Å². The fourth-order valence-electron chi connectivity index (χ4n) is 3.77. The lowest BCUT2D eigenvalue weighted by molar-refractivity contribution is -0.144. The number of ether oxygens (including phenoxy) is 3. The Morgan fingerprint density at radius 1 is 1.33 bits per heavy atom. The molecule has 1 saturated carbocycles. The van der Waals surface area contributed by atoms with E-state index < -0.39 is 32.3 Å². The third-order valence-corrected chi connectivity index (χ3v) is 7.44. The van der Waals surface area contributed by atoms with Gasteiger partial charge in [0, 0.05) is 6.04 Å². The standard InChI is InChI=1S/C24H30N7O7P/c1-3-11-34-23(32)15(2)30-39(33,38-17-7-5-4-6-8-17)36-13-19-35-12-18(37-19)31-14-26-20-21(27-16-9-10-16)28-24(25)29-22(20)31/h3-8,14-16,18-19H,1,9-13H2,2H3,(H,30,33)(H3,25,27,28,29)/t15-,18+,19+,39-/m0/s1. The smallest absolute Gasteiger partial charge is 0.459 e. The molecule has 39 heavy (non-hydrogen) atoms. The Morgan fingerprint density at radius 3 is 2.87 bits per heavy atom.